The number of anilines is 2. The molecule has 0 radical (unpaired) electrons. The maximum absolute atomic E-state index is 12.2. The van der Waals surface area contributed by atoms with Gasteiger partial charge in [0.05, 0.1) is 5.02 Å². The van der Waals surface area contributed by atoms with Crippen molar-refractivity contribution in [1.82, 2.24) is 4.98 Å². The van der Waals surface area contributed by atoms with Crippen molar-refractivity contribution < 1.29 is 9.59 Å². The zero-order valence-electron chi connectivity index (χ0n) is 13.0. The van der Waals surface area contributed by atoms with Crippen LogP contribution >= 0.6 is 11.6 Å². The van der Waals surface area contributed by atoms with E-state index in [2.05, 4.69) is 15.6 Å². The minimum atomic E-state index is -0.332. The number of aromatic nitrogens is 1. The summed E-state index contributed by atoms with van der Waals surface area (Å²) in [7, 11) is 0. The average Bonchev–Trinajstić information content (AvgIpc) is 2.52. The van der Waals surface area contributed by atoms with Gasteiger partial charge in [-0.2, -0.15) is 0 Å². The molecule has 0 spiro atoms. The predicted octanol–water partition coefficient (Wildman–Crippen LogP) is 4.03. The van der Waals surface area contributed by atoms with Gasteiger partial charge in [0.1, 0.15) is 5.69 Å². The molecule has 0 bridgehead atoms. The first-order valence-corrected chi connectivity index (χ1v) is 7.71. The van der Waals surface area contributed by atoms with Crippen LogP contribution in [0.25, 0.3) is 0 Å². The molecule has 2 aromatic rings. The van der Waals surface area contributed by atoms with Gasteiger partial charge in [0.2, 0.25) is 5.91 Å². The molecular weight excluding hydrogens is 314 g/mol. The summed E-state index contributed by atoms with van der Waals surface area (Å²) in [6.45, 7) is 3.79. The smallest absolute Gasteiger partial charge is 0.274 e. The predicted molar refractivity (Wildman–Crippen MR) is 91.9 cm³/mol. The lowest BCUT2D eigenvalue weighted by Crippen LogP contribution is -2.16. The molecule has 23 heavy (non-hydrogen) atoms. The van der Waals surface area contributed by atoms with Crippen LogP contribution < -0.4 is 10.6 Å². The van der Waals surface area contributed by atoms with Crippen molar-refractivity contribution in [2.45, 2.75) is 26.7 Å². The zero-order valence-corrected chi connectivity index (χ0v) is 13.8. The summed E-state index contributed by atoms with van der Waals surface area (Å²) in [5.74, 6) is -0.375. The lowest BCUT2D eigenvalue weighted by molar-refractivity contribution is -0.116. The number of rotatable bonds is 5. The number of hydrogen-bond donors (Lipinski definition) is 2. The van der Waals surface area contributed by atoms with E-state index in [1.54, 1.807) is 30.3 Å². The number of nitrogens with one attached hydrogen (secondary N) is 2. The highest BCUT2D eigenvalue weighted by atomic mass is 35.5. The Balaban J connectivity index is 2.15. The van der Waals surface area contributed by atoms with Crippen molar-refractivity contribution >= 4 is 34.8 Å². The highest BCUT2D eigenvalue weighted by Crippen LogP contribution is 2.24. The fourth-order valence-corrected chi connectivity index (χ4v) is 2.15. The second-order valence-corrected chi connectivity index (χ2v) is 5.53. The number of carbonyl (C=O) groups is 2. The summed E-state index contributed by atoms with van der Waals surface area (Å²) in [6, 6.07) is 8.52. The summed E-state index contributed by atoms with van der Waals surface area (Å²) in [4.78, 5) is 27.9. The Bertz CT molecular complexity index is 714. The molecule has 1 aromatic carbocycles. The van der Waals surface area contributed by atoms with E-state index in [9.17, 15) is 9.59 Å². The number of halogens is 1. The van der Waals surface area contributed by atoms with Gasteiger partial charge in [0.25, 0.3) is 5.91 Å². The largest absolute Gasteiger partial charge is 0.326 e. The van der Waals surface area contributed by atoms with Crippen LogP contribution in [-0.2, 0) is 4.79 Å². The van der Waals surface area contributed by atoms with Gasteiger partial charge in [-0.1, -0.05) is 24.6 Å². The normalized spacial score (nSPS) is 10.2. The number of benzene rings is 1. The van der Waals surface area contributed by atoms with Crippen LogP contribution in [-0.4, -0.2) is 16.8 Å². The van der Waals surface area contributed by atoms with Crippen LogP contribution in [0.4, 0.5) is 11.4 Å². The van der Waals surface area contributed by atoms with Crippen LogP contribution in [0, 0.1) is 6.92 Å². The van der Waals surface area contributed by atoms with Crippen molar-refractivity contribution in [3.05, 3.63) is 52.8 Å². The molecule has 1 heterocycles. The van der Waals surface area contributed by atoms with Gasteiger partial charge in [-0.3, -0.25) is 9.59 Å². The minimum Gasteiger partial charge on any atom is -0.326 e. The number of carbonyl (C=O) groups excluding carboxylic acids is 2. The first kappa shape index (κ1) is 17.0. The monoisotopic (exact) mass is 331 g/mol. The Labute approximate surface area is 140 Å². The number of amides is 2. The molecule has 0 unspecified atom stereocenters. The van der Waals surface area contributed by atoms with Crippen molar-refractivity contribution in [3.8, 4) is 0 Å². The Morgan fingerprint density at radius 1 is 1.13 bits per heavy atom. The van der Waals surface area contributed by atoms with Gasteiger partial charge in [-0.25, -0.2) is 4.98 Å². The minimum absolute atomic E-state index is 0.0431. The molecule has 2 N–H and O–H groups in total. The first-order valence-electron chi connectivity index (χ1n) is 7.33. The van der Waals surface area contributed by atoms with Gasteiger partial charge >= 0.3 is 0 Å². The molecule has 1 aromatic heterocycles. The molecular formula is C17H18ClN3O2. The topological polar surface area (TPSA) is 71.1 Å². The average molecular weight is 332 g/mol. The molecule has 0 aliphatic heterocycles. The van der Waals surface area contributed by atoms with E-state index in [0.717, 1.165) is 12.0 Å². The Morgan fingerprint density at radius 2 is 1.83 bits per heavy atom. The summed E-state index contributed by atoms with van der Waals surface area (Å²) < 4.78 is 0. The van der Waals surface area contributed by atoms with Crippen molar-refractivity contribution in [2.75, 3.05) is 10.6 Å². The van der Waals surface area contributed by atoms with Crippen molar-refractivity contribution in [1.29, 1.82) is 0 Å². The van der Waals surface area contributed by atoms with Gasteiger partial charge in [-0.05, 0) is 43.2 Å². The molecule has 120 valence electrons. The SMILES string of the molecule is CCCC(=O)Nc1cccc(NC(=O)c2ccc(Cl)cn2)c1C. The molecule has 0 aliphatic carbocycles. The molecule has 6 heteroatoms. The molecule has 0 fully saturated rings. The number of hydrogen-bond acceptors (Lipinski definition) is 3. The fraction of sp³-hybridized carbons (Fsp3) is 0.235. The molecule has 5 nitrogen and oxygen atoms in total. The third-order valence-electron chi connectivity index (χ3n) is 3.29. The first-order chi connectivity index (χ1) is 11.0. The Morgan fingerprint density at radius 3 is 2.43 bits per heavy atom. The summed E-state index contributed by atoms with van der Waals surface area (Å²) in [5.41, 5.74) is 2.37. The van der Waals surface area contributed by atoms with E-state index >= 15 is 0 Å². The highest BCUT2D eigenvalue weighted by Gasteiger charge is 2.12. The summed E-state index contributed by atoms with van der Waals surface area (Å²) in [5, 5.41) is 6.12. The number of pyridine rings is 1. The second kappa shape index (κ2) is 7.74. The zero-order chi connectivity index (χ0) is 16.8. The fourth-order valence-electron chi connectivity index (χ4n) is 2.04. The van der Waals surface area contributed by atoms with Crippen LogP contribution in [0.5, 0.6) is 0 Å². The van der Waals surface area contributed by atoms with E-state index in [1.165, 1.54) is 6.20 Å². The van der Waals surface area contributed by atoms with Crippen LogP contribution in [0.15, 0.2) is 36.5 Å². The summed E-state index contributed by atoms with van der Waals surface area (Å²) >= 11 is 5.76. The molecule has 2 rings (SSSR count). The van der Waals surface area contributed by atoms with Gasteiger partial charge in [-0.15, -0.1) is 0 Å². The van der Waals surface area contributed by atoms with Gasteiger partial charge in [0, 0.05) is 24.0 Å². The van der Waals surface area contributed by atoms with Gasteiger partial charge < -0.3 is 10.6 Å². The maximum atomic E-state index is 12.2. The number of nitrogens with zero attached hydrogens (tertiary/aromatic N) is 1. The van der Waals surface area contributed by atoms with E-state index < -0.39 is 0 Å². The molecule has 0 saturated carbocycles. The van der Waals surface area contributed by atoms with E-state index in [1.807, 2.05) is 13.8 Å². The van der Waals surface area contributed by atoms with Crippen molar-refractivity contribution in [2.24, 2.45) is 0 Å². The molecule has 2 amide bonds. The second-order valence-electron chi connectivity index (χ2n) is 5.09. The van der Waals surface area contributed by atoms with E-state index in [-0.39, 0.29) is 17.5 Å². The maximum Gasteiger partial charge on any atom is 0.274 e. The lowest BCUT2D eigenvalue weighted by atomic mass is 10.1. The van der Waals surface area contributed by atoms with Crippen molar-refractivity contribution in [3.63, 3.8) is 0 Å². The Kier molecular flexibility index (Phi) is 5.71. The van der Waals surface area contributed by atoms with Crippen LogP contribution in [0.1, 0.15) is 35.8 Å². The third kappa shape index (κ3) is 4.53. The van der Waals surface area contributed by atoms with Crippen LogP contribution in [0.3, 0.4) is 0 Å². The third-order valence-corrected chi connectivity index (χ3v) is 3.52. The van der Waals surface area contributed by atoms with Crippen LogP contribution in [0.2, 0.25) is 5.02 Å². The summed E-state index contributed by atoms with van der Waals surface area (Å²) in [6.07, 6.45) is 2.67. The molecule has 0 atom stereocenters. The standard InChI is InChI=1S/C17H18ClN3O2/c1-3-5-16(22)20-13-6-4-7-14(11(13)2)21-17(23)15-9-8-12(18)10-19-15/h4,6-10H,3,5H2,1-2H3,(H,20,22)(H,21,23). The molecule has 0 aliphatic rings. The lowest BCUT2D eigenvalue weighted by Gasteiger charge is -2.13. The highest BCUT2D eigenvalue weighted by molar-refractivity contribution is 6.30. The quantitative estimate of drug-likeness (QED) is 0.868. The van der Waals surface area contributed by atoms with Gasteiger partial charge in [0.15, 0.2) is 0 Å². The van der Waals surface area contributed by atoms with E-state index in [4.69, 9.17) is 11.6 Å². The van der Waals surface area contributed by atoms with E-state index in [0.29, 0.717) is 22.8 Å². The molecule has 0 saturated heterocycles. The Hall–Kier alpha value is -2.40.